The number of halogens is 1. The Kier molecular flexibility index (Phi) is 5.14. The fraction of sp³-hybridized carbons (Fsp3) is 0.364. The van der Waals surface area contributed by atoms with Crippen molar-refractivity contribution in [2.45, 2.75) is 6.42 Å². The molecule has 2 N–H and O–H groups in total. The van der Waals surface area contributed by atoms with Crippen molar-refractivity contribution in [2.75, 3.05) is 20.3 Å². The Labute approximate surface area is 99.3 Å². The number of methoxy groups -OCH3 is 1. The molecule has 5 heteroatoms. The summed E-state index contributed by atoms with van der Waals surface area (Å²) in [5.74, 6) is 0.00495. The Morgan fingerprint density at radius 2 is 2.19 bits per heavy atom. The monoisotopic (exact) mass is 243 g/mol. The van der Waals surface area contributed by atoms with E-state index in [1.54, 1.807) is 13.2 Å². The van der Waals surface area contributed by atoms with E-state index in [2.05, 4.69) is 0 Å². The van der Waals surface area contributed by atoms with Crippen molar-refractivity contribution in [1.82, 2.24) is 0 Å². The van der Waals surface area contributed by atoms with Gasteiger partial charge in [-0.15, -0.1) is 0 Å². The molecule has 0 aromatic heterocycles. The van der Waals surface area contributed by atoms with E-state index in [-0.39, 0.29) is 10.6 Å². The Bertz CT molecular complexity index is 371. The maximum absolute atomic E-state index is 13.4. The van der Waals surface area contributed by atoms with Crippen molar-refractivity contribution in [2.24, 2.45) is 5.73 Å². The molecule has 0 aliphatic heterocycles. The van der Waals surface area contributed by atoms with Gasteiger partial charge in [-0.2, -0.15) is 0 Å². The SMILES string of the molecule is COCCCOc1ccc(C(N)=S)c(F)c1. The third-order valence-electron chi connectivity index (χ3n) is 1.97. The van der Waals surface area contributed by atoms with Crippen LogP contribution in [0.15, 0.2) is 18.2 Å². The molecule has 0 unspecified atom stereocenters. The van der Waals surface area contributed by atoms with E-state index >= 15 is 0 Å². The molecule has 1 aromatic rings. The Hall–Kier alpha value is -1.20. The maximum Gasteiger partial charge on any atom is 0.137 e. The average molecular weight is 243 g/mol. The number of hydrogen-bond donors (Lipinski definition) is 1. The zero-order valence-electron chi connectivity index (χ0n) is 9.03. The van der Waals surface area contributed by atoms with Gasteiger partial charge in [-0.25, -0.2) is 4.39 Å². The Morgan fingerprint density at radius 3 is 2.75 bits per heavy atom. The largest absolute Gasteiger partial charge is 0.493 e. The third kappa shape index (κ3) is 3.75. The summed E-state index contributed by atoms with van der Waals surface area (Å²) in [4.78, 5) is 0.0448. The molecular formula is C11H14FNO2S. The molecule has 0 amide bonds. The molecule has 0 fully saturated rings. The van der Waals surface area contributed by atoms with Crippen molar-refractivity contribution in [1.29, 1.82) is 0 Å². The number of benzene rings is 1. The van der Waals surface area contributed by atoms with Crippen LogP contribution in [0.4, 0.5) is 4.39 Å². The van der Waals surface area contributed by atoms with Gasteiger partial charge in [-0.05, 0) is 12.1 Å². The summed E-state index contributed by atoms with van der Waals surface area (Å²) in [6.45, 7) is 1.10. The van der Waals surface area contributed by atoms with Crippen LogP contribution in [0, 0.1) is 5.82 Å². The van der Waals surface area contributed by atoms with Crippen LogP contribution >= 0.6 is 12.2 Å². The molecule has 0 aliphatic carbocycles. The quantitative estimate of drug-likeness (QED) is 0.612. The fourth-order valence-corrected chi connectivity index (χ4v) is 1.34. The molecule has 0 aliphatic rings. The second-order valence-electron chi connectivity index (χ2n) is 3.20. The van der Waals surface area contributed by atoms with Gasteiger partial charge in [0.25, 0.3) is 0 Å². The summed E-state index contributed by atoms with van der Waals surface area (Å²) >= 11 is 4.70. The molecule has 0 radical (unpaired) electrons. The molecule has 1 rings (SSSR count). The van der Waals surface area contributed by atoms with E-state index < -0.39 is 5.82 Å². The van der Waals surface area contributed by atoms with Crippen LogP contribution in [0.25, 0.3) is 0 Å². The molecule has 16 heavy (non-hydrogen) atoms. The van der Waals surface area contributed by atoms with E-state index in [1.165, 1.54) is 12.1 Å². The van der Waals surface area contributed by atoms with Gasteiger partial charge in [0.05, 0.1) is 6.61 Å². The molecule has 0 atom stereocenters. The van der Waals surface area contributed by atoms with Crippen molar-refractivity contribution in [3.05, 3.63) is 29.6 Å². The molecule has 0 saturated carbocycles. The second-order valence-corrected chi connectivity index (χ2v) is 3.64. The number of thiocarbonyl (C=S) groups is 1. The summed E-state index contributed by atoms with van der Waals surface area (Å²) in [7, 11) is 1.62. The van der Waals surface area contributed by atoms with Crippen LogP contribution in [-0.2, 0) is 4.74 Å². The molecule has 1 aromatic carbocycles. The summed E-state index contributed by atoms with van der Waals surface area (Å²) in [5, 5.41) is 0. The minimum atomic E-state index is -0.461. The van der Waals surface area contributed by atoms with E-state index in [0.29, 0.717) is 19.0 Å². The van der Waals surface area contributed by atoms with Crippen LogP contribution in [0.2, 0.25) is 0 Å². The van der Waals surface area contributed by atoms with Gasteiger partial charge in [-0.3, -0.25) is 0 Å². The Balaban J connectivity index is 2.56. The summed E-state index contributed by atoms with van der Waals surface area (Å²) in [6.07, 6.45) is 0.759. The molecular weight excluding hydrogens is 229 g/mol. The number of ether oxygens (including phenoxy) is 2. The van der Waals surface area contributed by atoms with Gasteiger partial charge in [-0.1, -0.05) is 12.2 Å². The first-order valence-corrected chi connectivity index (χ1v) is 5.27. The second kappa shape index (κ2) is 6.40. The molecule has 88 valence electrons. The first-order valence-electron chi connectivity index (χ1n) is 4.86. The van der Waals surface area contributed by atoms with Gasteiger partial charge in [0.15, 0.2) is 0 Å². The predicted molar refractivity (Wildman–Crippen MR) is 64.3 cm³/mol. The minimum absolute atomic E-state index is 0.0448. The predicted octanol–water partition coefficient (Wildman–Crippen LogP) is 1.88. The van der Waals surface area contributed by atoms with Crippen molar-refractivity contribution >= 4 is 17.2 Å². The third-order valence-corrected chi connectivity index (χ3v) is 2.19. The van der Waals surface area contributed by atoms with Gasteiger partial charge >= 0.3 is 0 Å². The maximum atomic E-state index is 13.4. The molecule has 0 heterocycles. The molecule has 3 nitrogen and oxygen atoms in total. The minimum Gasteiger partial charge on any atom is -0.493 e. The fourth-order valence-electron chi connectivity index (χ4n) is 1.18. The van der Waals surface area contributed by atoms with Gasteiger partial charge in [0, 0.05) is 31.8 Å². The van der Waals surface area contributed by atoms with Crippen LogP contribution in [0.5, 0.6) is 5.75 Å². The number of nitrogens with two attached hydrogens (primary N) is 1. The normalized spacial score (nSPS) is 10.1. The van der Waals surface area contributed by atoms with Crippen LogP contribution < -0.4 is 10.5 Å². The van der Waals surface area contributed by atoms with Crippen LogP contribution in [0.1, 0.15) is 12.0 Å². The Morgan fingerprint density at radius 1 is 1.44 bits per heavy atom. The standard InChI is InChI=1S/C11H14FNO2S/c1-14-5-2-6-15-8-3-4-9(11(13)16)10(12)7-8/h3-4,7H,2,5-6H2,1H3,(H2,13,16). The summed E-state index contributed by atoms with van der Waals surface area (Å²) in [5.41, 5.74) is 5.57. The van der Waals surface area contributed by atoms with Gasteiger partial charge in [0.2, 0.25) is 0 Å². The van der Waals surface area contributed by atoms with Crippen molar-refractivity contribution in [3.63, 3.8) is 0 Å². The topological polar surface area (TPSA) is 44.5 Å². The highest BCUT2D eigenvalue weighted by Gasteiger charge is 2.06. The van der Waals surface area contributed by atoms with E-state index in [4.69, 9.17) is 27.4 Å². The first kappa shape index (κ1) is 12.9. The van der Waals surface area contributed by atoms with Gasteiger partial charge in [0.1, 0.15) is 16.6 Å². The van der Waals surface area contributed by atoms with Gasteiger partial charge < -0.3 is 15.2 Å². The highest BCUT2D eigenvalue weighted by Crippen LogP contribution is 2.16. The van der Waals surface area contributed by atoms with Crippen LogP contribution in [0.3, 0.4) is 0 Å². The average Bonchev–Trinajstić information content (AvgIpc) is 2.24. The highest BCUT2D eigenvalue weighted by atomic mass is 32.1. The molecule has 0 saturated heterocycles. The summed E-state index contributed by atoms with van der Waals surface area (Å²) in [6, 6.07) is 4.44. The number of hydrogen-bond acceptors (Lipinski definition) is 3. The van der Waals surface area contributed by atoms with Crippen LogP contribution in [-0.4, -0.2) is 25.3 Å². The lowest BCUT2D eigenvalue weighted by Crippen LogP contribution is -2.11. The molecule has 0 spiro atoms. The lowest BCUT2D eigenvalue weighted by molar-refractivity contribution is 0.172. The lowest BCUT2D eigenvalue weighted by atomic mass is 10.2. The smallest absolute Gasteiger partial charge is 0.137 e. The highest BCUT2D eigenvalue weighted by molar-refractivity contribution is 7.80. The van der Waals surface area contributed by atoms with E-state index in [9.17, 15) is 4.39 Å². The zero-order chi connectivity index (χ0) is 12.0. The zero-order valence-corrected chi connectivity index (χ0v) is 9.85. The lowest BCUT2D eigenvalue weighted by Gasteiger charge is -2.07. The van der Waals surface area contributed by atoms with Crippen molar-refractivity contribution in [3.8, 4) is 5.75 Å². The first-order chi connectivity index (χ1) is 7.65. The molecule has 0 bridgehead atoms. The van der Waals surface area contributed by atoms with E-state index in [0.717, 1.165) is 6.42 Å². The van der Waals surface area contributed by atoms with E-state index in [1.807, 2.05) is 0 Å². The summed E-state index contributed by atoms with van der Waals surface area (Å²) < 4.78 is 23.6. The van der Waals surface area contributed by atoms with Crippen molar-refractivity contribution < 1.29 is 13.9 Å². The number of rotatable bonds is 6.